The van der Waals surface area contributed by atoms with Crippen molar-refractivity contribution in [2.24, 2.45) is 5.10 Å². The smallest absolute Gasteiger partial charge is 0.410 e. The lowest BCUT2D eigenvalue weighted by molar-refractivity contribution is 0.117. The average Bonchev–Trinajstić information content (AvgIpc) is 2.87. The van der Waals surface area contributed by atoms with E-state index >= 15 is 0 Å². The molecule has 1 aromatic carbocycles. The van der Waals surface area contributed by atoms with E-state index in [9.17, 15) is 9.18 Å². The quantitative estimate of drug-likeness (QED) is 0.854. The van der Waals surface area contributed by atoms with Crippen LogP contribution >= 0.6 is 0 Å². The Labute approximate surface area is 111 Å². The van der Waals surface area contributed by atoms with Crippen LogP contribution in [0.1, 0.15) is 13.3 Å². The first-order valence-electron chi connectivity index (χ1n) is 6.17. The lowest BCUT2D eigenvalue weighted by Crippen LogP contribution is -2.29. The summed E-state index contributed by atoms with van der Waals surface area (Å²) in [7, 11) is 0. The number of nitrogens with zero attached hydrogens (tertiary/aromatic N) is 2. The number of hydrazone groups is 1. The lowest BCUT2D eigenvalue weighted by Gasteiger charge is -2.13. The Kier molecular flexibility index (Phi) is 4.33. The van der Waals surface area contributed by atoms with Gasteiger partial charge in [-0.2, -0.15) is 5.10 Å². The molecule has 1 N–H and O–H groups in total. The van der Waals surface area contributed by atoms with Gasteiger partial charge < -0.3 is 9.64 Å². The number of carbonyl (C=O) groups excluding carboxylic acids is 1. The molecule has 1 heterocycles. The molecule has 1 amide bonds. The number of halogens is 1. The molecule has 0 aliphatic carbocycles. The van der Waals surface area contributed by atoms with Crippen LogP contribution in [0.2, 0.25) is 0 Å². The first-order chi connectivity index (χ1) is 9.19. The van der Waals surface area contributed by atoms with E-state index in [-0.39, 0.29) is 11.9 Å². The van der Waals surface area contributed by atoms with Crippen LogP contribution in [-0.4, -0.2) is 36.4 Å². The van der Waals surface area contributed by atoms with Gasteiger partial charge in [-0.3, -0.25) is 5.43 Å². The molecule has 2 rings (SSSR count). The van der Waals surface area contributed by atoms with Crippen LogP contribution < -0.4 is 5.43 Å². The molecule has 0 radical (unpaired) electrons. The predicted octanol–water partition coefficient (Wildman–Crippen LogP) is 2.46. The molecule has 1 saturated heterocycles. The summed E-state index contributed by atoms with van der Waals surface area (Å²) in [6, 6.07) is 5.94. The van der Waals surface area contributed by atoms with E-state index in [4.69, 9.17) is 4.74 Å². The van der Waals surface area contributed by atoms with Crippen molar-refractivity contribution in [2.75, 3.05) is 25.1 Å². The number of hydrogen-bond donors (Lipinski definition) is 1. The first-order valence-corrected chi connectivity index (χ1v) is 6.17. The number of rotatable bonds is 3. The maximum Gasteiger partial charge on any atom is 0.410 e. The molecule has 1 fully saturated rings. The van der Waals surface area contributed by atoms with E-state index in [0.29, 0.717) is 31.8 Å². The topological polar surface area (TPSA) is 53.9 Å². The highest BCUT2D eigenvalue weighted by Crippen LogP contribution is 2.11. The van der Waals surface area contributed by atoms with Gasteiger partial charge in [0.15, 0.2) is 0 Å². The van der Waals surface area contributed by atoms with Crippen LogP contribution in [0.5, 0.6) is 0 Å². The average molecular weight is 265 g/mol. The lowest BCUT2D eigenvalue weighted by atomic mass is 10.3. The van der Waals surface area contributed by atoms with Gasteiger partial charge in [-0.05, 0) is 31.2 Å². The predicted molar refractivity (Wildman–Crippen MR) is 70.7 cm³/mol. The second-order valence-electron chi connectivity index (χ2n) is 4.17. The van der Waals surface area contributed by atoms with Crippen molar-refractivity contribution >= 4 is 17.5 Å². The number of benzene rings is 1. The molecule has 1 aromatic rings. The molecule has 102 valence electrons. The Morgan fingerprint density at radius 1 is 1.47 bits per heavy atom. The zero-order valence-corrected chi connectivity index (χ0v) is 10.7. The number of carbonyl (C=O) groups is 1. The van der Waals surface area contributed by atoms with Crippen molar-refractivity contribution in [3.8, 4) is 0 Å². The maximum atomic E-state index is 12.7. The Morgan fingerprint density at radius 3 is 2.89 bits per heavy atom. The number of likely N-dealkylation sites (tertiary alicyclic amines) is 1. The minimum absolute atomic E-state index is 0.285. The van der Waals surface area contributed by atoms with Gasteiger partial charge in [0.05, 0.1) is 24.6 Å². The fourth-order valence-electron chi connectivity index (χ4n) is 1.77. The van der Waals surface area contributed by atoms with E-state index in [1.807, 2.05) is 0 Å². The van der Waals surface area contributed by atoms with Crippen LogP contribution in [0.3, 0.4) is 0 Å². The number of ether oxygens (including phenoxy) is 1. The summed E-state index contributed by atoms with van der Waals surface area (Å²) in [5.41, 5.74) is 4.43. The zero-order chi connectivity index (χ0) is 13.7. The van der Waals surface area contributed by atoms with E-state index < -0.39 is 0 Å². The Bertz CT molecular complexity index is 473. The Hall–Kier alpha value is -2.11. The van der Waals surface area contributed by atoms with Gasteiger partial charge >= 0.3 is 6.09 Å². The molecule has 0 aromatic heterocycles. The van der Waals surface area contributed by atoms with Gasteiger partial charge in [0.1, 0.15) is 5.82 Å². The molecule has 19 heavy (non-hydrogen) atoms. The van der Waals surface area contributed by atoms with E-state index in [2.05, 4.69) is 10.5 Å². The normalized spacial score (nSPS) is 16.7. The van der Waals surface area contributed by atoms with Crippen LogP contribution in [0.4, 0.5) is 14.9 Å². The zero-order valence-electron chi connectivity index (χ0n) is 10.7. The van der Waals surface area contributed by atoms with Crippen molar-refractivity contribution in [3.05, 3.63) is 30.1 Å². The summed E-state index contributed by atoms with van der Waals surface area (Å²) in [4.78, 5) is 13.1. The Balaban J connectivity index is 1.88. The van der Waals surface area contributed by atoms with Crippen molar-refractivity contribution in [2.45, 2.75) is 13.3 Å². The highest BCUT2D eigenvalue weighted by molar-refractivity contribution is 5.92. The van der Waals surface area contributed by atoms with Crippen LogP contribution in [0.15, 0.2) is 29.4 Å². The molecule has 1 aliphatic rings. The molecule has 0 unspecified atom stereocenters. The highest BCUT2D eigenvalue weighted by Gasteiger charge is 2.23. The van der Waals surface area contributed by atoms with Gasteiger partial charge in [0.2, 0.25) is 0 Å². The monoisotopic (exact) mass is 265 g/mol. The van der Waals surface area contributed by atoms with Crippen molar-refractivity contribution < 1.29 is 13.9 Å². The van der Waals surface area contributed by atoms with Crippen LogP contribution in [0.25, 0.3) is 0 Å². The fourth-order valence-corrected chi connectivity index (χ4v) is 1.77. The third-order valence-corrected chi connectivity index (χ3v) is 2.76. The number of anilines is 1. The summed E-state index contributed by atoms with van der Waals surface area (Å²) in [5, 5.41) is 4.21. The van der Waals surface area contributed by atoms with E-state index in [0.717, 1.165) is 5.71 Å². The minimum Gasteiger partial charge on any atom is -0.450 e. The van der Waals surface area contributed by atoms with Gasteiger partial charge in [-0.1, -0.05) is 0 Å². The summed E-state index contributed by atoms with van der Waals surface area (Å²) in [6.07, 6.45) is 0.405. The summed E-state index contributed by atoms with van der Waals surface area (Å²) < 4.78 is 17.6. The van der Waals surface area contributed by atoms with E-state index in [1.165, 1.54) is 12.1 Å². The van der Waals surface area contributed by atoms with Crippen LogP contribution in [-0.2, 0) is 4.74 Å². The molecule has 0 saturated carbocycles. The summed E-state index contributed by atoms with van der Waals surface area (Å²) >= 11 is 0. The molecule has 1 aliphatic heterocycles. The summed E-state index contributed by atoms with van der Waals surface area (Å²) in [6.45, 7) is 3.23. The first kappa shape index (κ1) is 13.3. The minimum atomic E-state index is -0.311. The largest absolute Gasteiger partial charge is 0.450 e. The maximum absolute atomic E-state index is 12.7. The molecule has 0 atom stereocenters. The molecule has 6 heteroatoms. The summed E-state index contributed by atoms with van der Waals surface area (Å²) in [5.74, 6) is -0.285. The molecular formula is C13H16FN3O2. The van der Waals surface area contributed by atoms with Crippen molar-refractivity contribution in [1.29, 1.82) is 0 Å². The number of hydrogen-bond acceptors (Lipinski definition) is 4. The van der Waals surface area contributed by atoms with Crippen LogP contribution in [0, 0.1) is 5.82 Å². The molecule has 0 bridgehead atoms. The molecular weight excluding hydrogens is 249 g/mol. The SMILES string of the molecule is CCOC(=O)N1CCC(=NNc2ccc(F)cc2)C1. The van der Waals surface area contributed by atoms with Gasteiger partial charge in [-0.25, -0.2) is 9.18 Å². The second kappa shape index (κ2) is 6.17. The van der Waals surface area contributed by atoms with Gasteiger partial charge in [-0.15, -0.1) is 0 Å². The van der Waals surface area contributed by atoms with E-state index in [1.54, 1.807) is 24.0 Å². The highest BCUT2D eigenvalue weighted by atomic mass is 19.1. The fraction of sp³-hybridized carbons (Fsp3) is 0.385. The van der Waals surface area contributed by atoms with Crippen molar-refractivity contribution in [1.82, 2.24) is 4.90 Å². The Morgan fingerprint density at radius 2 is 2.21 bits per heavy atom. The van der Waals surface area contributed by atoms with Gasteiger partial charge in [0, 0.05) is 13.0 Å². The standard InChI is InChI=1S/C13H16FN3O2/c1-2-19-13(18)17-8-7-12(9-17)16-15-11-5-3-10(14)4-6-11/h3-6,15H,2,7-9H2,1H3. The molecule has 0 spiro atoms. The molecule has 5 nitrogen and oxygen atoms in total. The second-order valence-corrected chi connectivity index (χ2v) is 4.17. The number of amides is 1. The third kappa shape index (κ3) is 3.67. The van der Waals surface area contributed by atoms with Crippen molar-refractivity contribution in [3.63, 3.8) is 0 Å². The number of nitrogens with one attached hydrogen (secondary N) is 1. The third-order valence-electron chi connectivity index (χ3n) is 2.76. The van der Waals surface area contributed by atoms with Gasteiger partial charge in [0.25, 0.3) is 0 Å².